The van der Waals surface area contributed by atoms with Crippen LogP contribution in [0.2, 0.25) is 0 Å². The van der Waals surface area contributed by atoms with Gasteiger partial charge < -0.3 is 16.0 Å². The molecule has 1 saturated heterocycles. The Labute approximate surface area is 175 Å². The molecule has 7 heteroatoms. The fourth-order valence-corrected chi connectivity index (χ4v) is 4.52. The first kappa shape index (κ1) is 21.7. The van der Waals surface area contributed by atoms with E-state index in [1.807, 2.05) is 7.05 Å². The van der Waals surface area contributed by atoms with Crippen LogP contribution in [-0.4, -0.2) is 62.6 Å². The summed E-state index contributed by atoms with van der Waals surface area (Å²) in [6.07, 6.45) is 10.6. The van der Waals surface area contributed by atoms with E-state index in [1.165, 1.54) is 38.5 Å². The van der Waals surface area contributed by atoms with Crippen LogP contribution in [0.5, 0.6) is 0 Å². The number of likely N-dealkylation sites (N-methyl/N-ethyl adjacent to an activating group) is 1. The number of piperidine rings is 1. The van der Waals surface area contributed by atoms with Crippen LogP contribution in [0.4, 0.5) is 0 Å². The monoisotopic (exact) mass is 477 g/mol. The Balaban J connectivity index is 0.00000243. The molecule has 2 unspecified atom stereocenters. The van der Waals surface area contributed by atoms with Gasteiger partial charge in [-0.15, -0.1) is 24.0 Å². The van der Waals surface area contributed by atoms with E-state index < -0.39 is 0 Å². The Morgan fingerprint density at radius 3 is 2.38 bits per heavy atom. The zero-order valence-electron chi connectivity index (χ0n) is 16.3. The first-order valence-electron chi connectivity index (χ1n) is 10.1. The summed E-state index contributed by atoms with van der Waals surface area (Å²) in [7, 11) is 3.57. The molecule has 1 amide bonds. The van der Waals surface area contributed by atoms with Crippen LogP contribution in [0.25, 0.3) is 0 Å². The lowest BCUT2D eigenvalue weighted by Gasteiger charge is -2.32. The van der Waals surface area contributed by atoms with Crippen molar-refractivity contribution in [2.24, 2.45) is 16.8 Å². The standard InChI is InChI=1S/C19H35N5O.HI/c1-20-18(25)13-24-10-8-15(9-11-24)22-19(21-2)23-17-12-16(17)14-6-4-3-5-7-14;/h14-17H,3-13H2,1-2H3,(H,20,25)(H2,21,22,23);1H. The van der Waals surface area contributed by atoms with Crippen LogP contribution in [0.3, 0.4) is 0 Å². The molecule has 3 aliphatic rings. The molecule has 3 rings (SSSR count). The third kappa shape index (κ3) is 6.25. The zero-order valence-corrected chi connectivity index (χ0v) is 18.6. The topological polar surface area (TPSA) is 68.8 Å². The average Bonchev–Trinajstić information content (AvgIpc) is 3.42. The smallest absolute Gasteiger partial charge is 0.233 e. The molecule has 3 fully saturated rings. The molecule has 0 aromatic heterocycles. The van der Waals surface area contributed by atoms with E-state index in [0.29, 0.717) is 18.6 Å². The van der Waals surface area contributed by atoms with Crippen molar-refractivity contribution in [1.29, 1.82) is 0 Å². The van der Waals surface area contributed by atoms with Gasteiger partial charge in [0.25, 0.3) is 0 Å². The van der Waals surface area contributed by atoms with E-state index in [1.54, 1.807) is 7.05 Å². The number of rotatable bonds is 5. The van der Waals surface area contributed by atoms with Gasteiger partial charge >= 0.3 is 0 Å². The predicted octanol–water partition coefficient (Wildman–Crippen LogP) is 1.95. The van der Waals surface area contributed by atoms with Crippen LogP contribution in [0.15, 0.2) is 4.99 Å². The van der Waals surface area contributed by atoms with E-state index in [9.17, 15) is 4.79 Å². The fraction of sp³-hybridized carbons (Fsp3) is 0.895. The lowest BCUT2D eigenvalue weighted by atomic mass is 9.85. The molecule has 26 heavy (non-hydrogen) atoms. The summed E-state index contributed by atoms with van der Waals surface area (Å²) in [4.78, 5) is 18.1. The maximum absolute atomic E-state index is 11.5. The second-order valence-electron chi connectivity index (χ2n) is 7.99. The summed E-state index contributed by atoms with van der Waals surface area (Å²) in [5.41, 5.74) is 0. The third-order valence-electron chi connectivity index (χ3n) is 6.22. The van der Waals surface area contributed by atoms with Crippen molar-refractivity contribution in [2.75, 3.05) is 33.7 Å². The largest absolute Gasteiger partial charge is 0.358 e. The van der Waals surface area contributed by atoms with Crippen LogP contribution in [0.1, 0.15) is 51.4 Å². The number of carbonyl (C=O) groups is 1. The first-order valence-corrected chi connectivity index (χ1v) is 10.1. The van der Waals surface area contributed by atoms with Gasteiger partial charge in [0.2, 0.25) is 5.91 Å². The molecule has 1 aliphatic heterocycles. The maximum Gasteiger partial charge on any atom is 0.233 e. The van der Waals surface area contributed by atoms with E-state index in [0.717, 1.165) is 43.7 Å². The summed E-state index contributed by atoms with van der Waals surface area (Å²) in [6, 6.07) is 1.08. The minimum absolute atomic E-state index is 0. The van der Waals surface area contributed by atoms with Gasteiger partial charge in [0.15, 0.2) is 5.96 Å². The van der Waals surface area contributed by atoms with Crippen molar-refractivity contribution >= 4 is 35.8 Å². The zero-order chi connectivity index (χ0) is 17.6. The summed E-state index contributed by atoms with van der Waals surface area (Å²) in [5, 5.41) is 9.95. The summed E-state index contributed by atoms with van der Waals surface area (Å²) in [6.45, 7) is 2.45. The molecule has 0 aromatic carbocycles. The lowest BCUT2D eigenvalue weighted by Crippen LogP contribution is -2.50. The summed E-state index contributed by atoms with van der Waals surface area (Å²) in [5.74, 6) is 2.88. The summed E-state index contributed by atoms with van der Waals surface area (Å²) >= 11 is 0. The molecule has 0 aromatic rings. The molecule has 6 nitrogen and oxygen atoms in total. The Hall–Kier alpha value is -0.570. The number of hydrogen-bond donors (Lipinski definition) is 3. The molecule has 150 valence electrons. The van der Waals surface area contributed by atoms with E-state index >= 15 is 0 Å². The van der Waals surface area contributed by atoms with Crippen LogP contribution in [-0.2, 0) is 4.79 Å². The Morgan fingerprint density at radius 1 is 1.08 bits per heavy atom. The average molecular weight is 477 g/mol. The highest BCUT2D eigenvalue weighted by Gasteiger charge is 2.43. The van der Waals surface area contributed by atoms with Crippen molar-refractivity contribution in [3.8, 4) is 0 Å². The Bertz CT molecular complexity index is 473. The van der Waals surface area contributed by atoms with E-state index in [4.69, 9.17) is 0 Å². The second-order valence-corrected chi connectivity index (χ2v) is 7.99. The van der Waals surface area contributed by atoms with Crippen molar-refractivity contribution in [1.82, 2.24) is 20.9 Å². The number of carbonyl (C=O) groups excluding carboxylic acids is 1. The number of halogens is 1. The molecule has 2 aliphatic carbocycles. The van der Waals surface area contributed by atoms with Gasteiger partial charge in [-0.25, -0.2) is 0 Å². The molecule has 1 heterocycles. The predicted molar refractivity (Wildman–Crippen MR) is 117 cm³/mol. The van der Waals surface area contributed by atoms with Crippen molar-refractivity contribution in [3.05, 3.63) is 0 Å². The Morgan fingerprint density at radius 2 is 1.77 bits per heavy atom. The van der Waals surface area contributed by atoms with Gasteiger partial charge in [-0.2, -0.15) is 0 Å². The molecule has 2 atom stereocenters. The number of nitrogens with zero attached hydrogens (tertiary/aromatic N) is 2. The molecular weight excluding hydrogens is 441 g/mol. The van der Waals surface area contributed by atoms with Crippen molar-refractivity contribution < 1.29 is 4.79 Å². The SMILES string of the molecule is CN=C(NC1CCN(CC(=O)NC)CC1)NC1CC1C1CCCCC1.I. The molecule has 0 spiro atoms. The minimum Gasteiger partial charge on any atom is -0.358 e. The van der Waals surface area contributed by atoms with Gasteiger partial charge in [0.05, 0.1) is 6.54 Å². The number of guanidine groups is 1. The van der Waals surface area contributed by atoms with Gasteiger partial charge in [-0.1, -0.05) is 32.1 Å². The van der Waals surface area contributed by atoms with E-state index in [-0.39, 0.29) is 29.9 Å². The number of likely N-dealkylation sites (tertiary alicyclic amines) is 1. The van der Waals surface area contributed by atoms with Gasteiger partial charge in [0, 0.05) is 39.3 Å². The minimum atomic E-state index is 0. The number of aliphatic imine (C=N–C) groups is 1. The van der Waals surface area contributed by atoms with Crippen LogP contribution < -0.4 is 16.0 Å². The van der Waals surface area contributed by atoms with Gasteiger partial charge in [0.1, 0.15) is 0 Å². The fourth-order valence-electron chi connectivity index (χ4n) is 4.52. The first-order chi connectivity index (χ1) is 12.2. The molecular formula is C19H36IN5O. The number of amides is 1. The maximum atomic E-state index is 11.5. The molecule has 0 bridgehead atoms. The van der Waals surface area contributed by atoms with Crippen molar-refractivity contribution in [3.63, 3.8) is 0 Å². The van der Waals surface area contributed by atoms with Gasteiger partial charge in [-0.3, -0.25) is 14.7 Å². The quantitative estimate of drug-likeness (QED) is 0.322. The number of hydrogen-bond acceptors (Lipinski definition) is 3. The van der Waals surface area contributed by atoms with E-state index in [2.05, 4.69) is 25.8 Å². The highest BCUT2D eigenvalue weighted by Crippen LogP contribution is 2.44. The number of nitrogens with one attached hydrogen (secondary N) is 3. The van der Waals surface area contributed by atoms with Crippen LogP contribution in [0, 0.1) is 11.8 Å². The highest BCUT2D eigenvalue weighted by atomic mass is 127. The Kier molecular flexibility index (Phi) is 8.93. The highest BCUT2D eigenvalue weighted by molar-refractivity contribution is 14.0. The molecule has 3 N–H and O–H groups in total. The lowest BCUT2D eigenvalue weighted by molar-refractivity contribution is -0.122. The second kappa shape index (κ2) is 10.7. The molecule has 0 radical (unpaired) electrons. The van der Waals surface area contributed by atoms with Crippen molar-refractivity contribution in [2.45, 2.75) is 63.5 Å². The molecule has 2 saturated carbocycles. The summed E-state index contributed by atoms with van der Waals surface area (Å²) < 4.78 is 0. The van der Waals surface area contributed by atoms with Crippen LogP contribution >= 0.6 is 24.0 Å². The normalized spacial score (nSPS) is 28.2. The third-order valence-corrected chi connectivity index (χ3v) is 6.22. The van der Waals surface area contributed by atoms with Gasteiger partial charge in [-0.05, 0) is 31.1 Å².